The topological polar surface area (TPSA) is 0 Å². The van der Waals surface area contributed by atoms with Gasteiger partial charge in [0.1, 0.15) is 4.84 Å². The van der Waals surface area contributed by atoms with Crippen LogP contribution in [-0.2, 0) is 6.42 Å². The van der Waals surface area contributed by atoms with Crippen molar-refractivity contribution >= 4 is 34.5 Å². The number of thiophene rings is 1. The second-order valence-electron chi connectivity index (χ2n) is 1.67. The summed E-state index contributed by atoms with van der Waals surface area (Å²) < 4.78 is 0. The van der Waals surface area contributed by atoms with Crippen molar-refractivity contribution in [2.75, 3.05) is 0 Å². The van der Waals surface area contributed by atoms with Gasteiger partial charge in [-0.05, 0) is 11.4 Å². The molecule has 1 aromatic rings. The molecule has 0 spiro atoms. The molecule has 0 saturated heterocycles. The average molecular weight is 181 g/mol. The second kappa shape index (κ2) is 3.45. The first-order chi connectivity index (χ1) is 4.29. The van der Waals surface area contributed by atoms with Crippen LogP contribution in [0.25, 0.3) is 0 Å². The van der Waals surface area contributed by atoms with Crippen LogP contribution in [0.3, 0.4) is 0 Å². The number of hydrogen-bond acceptors (Lipinski definition) is 1. The molecule has 0 aliphatic carbocycles. The first kappa shape index (κ1) is 7.39. The molecule has 9 heavy (non-hydrogen) atoms. The predicted octanol–water partition coefficient (Wildman–Crippen LogP) is 3.09. The van der Waals surface area contributed by atoms with Gasteiger partial charge in [0.15, 0.2) is 0 Å². The maximum absolute atomic E-state index is 5.54. The van der Waals surface area contributed by atoms with Gasteiger partial charge in [0.05, 0.1) is 0 Å². The van der Waals surface area contributed by atoms with E-state index in [0.717, 1.165) is 6.42 Å². The Labute approximate surface area is 68.4 Å². The van der Waals surface area contributed by atoms with E-state index in [9.17, 15) is 0 Å². The Kier molecular flexibility index (Phi) is 2.83. The standard InChI is InChI=1S/C6H6Cl2S/c7-6(8)4-5-2-1-3-9-5/h1-3,6H,4H2. The average Bonchev–Trinajstić information content (AvgIpc) is 2.15. The van der Waals surface area contributed by atoms with E-state index in [4.69, 9.17) is 23.2 Å². The van der Waals surface area contributed by atoms with Crippen LogP contribution in [-0.4, -0.2) is 4.84 Å². The Morgan fingerprint density at radius 3 is 2.78 bits per heavy atom. The maximum atomic E-state index is 5.54. The van der Waals surface area contributed by atoms with E-state index < -0.39 is 0 Å². The maximum Gasteiger partial charge on any atom is 0.112 e. The molecular formula is C6H6Cl2S. The van der Waals surface area contributed by atoms with Gasteiger partial charge in [-0.1, -0.05) is 6.07 Å². The molecule has 0 bridgehead atoms. The molecule has 0 fully saturated rings. The summed E-state index contributed by atoms with van der Waals surface area (Å²) in [6, 6.07) is 4.03. The molecule has 0 atom stereocenters. The fraction of sp³-hybridized carbons (Fsp3) is 0.333. The molecule has 1 heterocycles. The molecule has 0 radical (unpaired) electrons. The van der Waals surface area contributed by atoms with Crippen molar-refractivity contribution in [2.24, 2.45) is 0 Å². The molecule has 0 amide bonds. The van der Waals surface area contributed by atoms with Crippen LogP contribution in [0.1, 0.15) is 4.88 Å². The summed E-state index contributed by atoms with van der Waals surface area (Å²) in [5, 5.41) is 2.02. The monoisotopic (exact) mass is 180 g/mol. The van der Waals surface area contributed by atoms with Gasteiger partial charge in [0.25, 0.3) is 0 Å². The van der Waals surface area contributed by atoms with Gasteiger partial charge in [-0.25, -0.2) is 0 Å². The second-order valence-corrected chi connectivity index (χ2v) is 3.98. The smallest absolute Gasteiger partial charge is 0.112 e. The Morgan fingerprint density at radius 2 is 2.33 bits per heavy atom. The van der Waals surface area contributed by atoms with Gasteiger partial charge < -0.3 is 0 Å². The zero-order valence-corrected chi connectivity index (χ0v) is 7.01. The van der Waals surface area contributed by atoms with Crippen LogP contribution in [0.5, 0.6) is 0 Å². The van der Waals surface area contributed by atoms with Crippen molar-refractivity contribution in [3.63, 3.8) is 0 Å². The summed E-state index contributed by atoms with van der Waals surface area (Å²) >= 11 is 12.8. The summed E-state index contributed by atoms with van der Waals surface area (Å²) in [5.41, 5.74) is 0. The molecule has 0 nitrogen and oxygen atoms in total. The Hall–Kier alpha value is 0.280. The lowest BCUT2D eigenvalue weighted by atomic mass is 10.4. The summed E-state index contributed by atoms with van der Waals surface area (Å²) in [6.07, 6.45) is 0.765. The fourth-order valence-electron chi connectivity index (χ4n) is 0.581. The zero-order chi connectivity index (χ0) is 6.69. The van der Waals surface area contributed by atoms with Crippen LogP contribution in [0.15, 0.2) is 17.5 Å². The van der Waals surface area contributed by atoms with Gasteiger partial charge in [0.2, 0.25) is 0 Å². The molecule has 1 rings (SSSR count). The third-order valence-electron chi connectivity index (χ3n) is 0.936. The molecule has 0 unspecified atom stereocenters. The summed E-state index contributed by atoms with van der Waals surface area (Å²) in [6.45, 7) is 0. The zero-order valence-electron chi connectivity index (χ0n) is 4.68. The number of alkyl halides is 2. The summed E-state index contributed by atoms with van der Waals surface area (Å²) in [4.78, 5) is 0.980. The Bertz CT molecular complexity index is 158. The molecule has 3 heteroatoms. The normalized spacial score (nSPS) is 10.6. The minimum absolute atomic E-state index is 0.261. The highest BCUT2D eigenvalue weighted by atomic mass is 35.5. The van der Waals surface area contributed by atoms with Crippen molar-refractivity contribution in [1.29, 1.82) is 0 Å². The number of halogens is 2. The van der Waals surface area contributed by atoms with E-state index >= 15 is 0 Å². The van der Waals surface area contributed by atoms with Crippen LogP contribution in [0.4, 0.5) is 0 Å². The molecular weight excluding hydrogens is 175 g/mol. The molecule has 0 N–H and O–H groups in total. The van der Waals surface area contributed by atoms with Gasteiger partial charge >= 0.3 is 0 Å². The van der Waals surface area contributed by atoms with Crippen LogP contribution in [0, 0.1) is 0 Å². The molecule has 0 aliphatic rings. The van der Waals surface area contributed by atoms with E-state index in [1.165, 1.54) is 4.88 Å². The predicted molar refractivity (Wildman–Crippen MR) is 43.5 cm³/mol. The quantitative estimate of drug-likeness (QED) is 0.615. The highest BCUT2D eigenvalue weighted by Gasteiger charge is 2.00. The lowest BCUT2D eigenvalue weighted by Gasteiger charge is -1.94. The SMILES string of the molecule is ClC(Cl)Cc1cccs1. The first-order valence-electron chi connectivity index (χ1n) is 2.59. The molecule has 50 valence electrons. The molecule has 1 aromatic heterocycles. The highest BCUT2D eigenvalue weighted by Crippen LogP contribution is 2.15. The summed E-state index contributed by atoms with van der Waals surface area (Å²) in [5.74, 6) is 0. The first-order valence-corrected chi connectivity index (χ1v) is 4.35. The number of rotatable bonds is 2. The Balaban J connectivity index is 2.48. The van der Waals surface area contributed by atoms with Gasteiger partial charge in [-0.3, -0.25) is 0 Å². The van der Waals surface area contributed by atoms with E-state index in [-0.39, 0.29) is 4.84 Å². The van der Waals surface area contributed by atoms with Crippen molar-refractivity contribution in [3.05, 3.63) is 22.4 Å². The van der Waals surface area contributed by atoms with Crippen molar-refractivity contribution in [1.82, 2.24) is 0 Å². The lowest BCUT2D eigenvalue weighted by molar-refractivity contribution is 1.12. The minimum Gasteiger partial charge on any atom is -0.149 e. The largest absolute Gasteiger partial charge is 0.149 e. The fourth-order valence-corrected chi connectivity index (χ4v) is 1.85. The number of hydrogen-bond donors (Lipinski definition) is 0. The van der Waals surface area contributed by atoms with Crippen molar-refractivity contribution < 1.29 is 0 Å². The van der Waals surface area contributed by atoms with E-state index in [0.29, 0.717) is 0 Å². The third kappa shape index (κ3) is 2.57. The van der Waals surface area contributed by atoms with E-state index in [1.54, 1.807) is 11.3 Å². The van der Waals surface area contributed by atoms with Gasteiger partial charge in [-0.15, -0.1) is 34.5 Å². The lowest BCUT2D eigenvalue weighted by Crippen LogP contribution is -1.89. The van der Waals surface area contributed by atoms with Crippen LogP contribution >= 0.6 is 34.5 Å². The van der Waals surface area contributed by atoms with Crippen molar-refractivity contribution in [3.8, 4) is 0 Å². The third-order valence-corrected chi connectivity index (χ3v) is 2.14. The van der Waals surface area contributed by atoms with Crippen LogP contribution in [0.2, 0.25) is 0 Å². The molecule has 0 saturated carbocycles. The Morgan fingerprint density at radius 1 is 1.56 bits per heavy atom. The minimum atomic E-state index is -0.261. The highest BCUT2D eigenvalue weighted by molar-refractivity contribution is 7.09. The van der Waals surface area contributed by atoms with E-state index in [1.807, 2.05) is 17.5 Å². The van der Waals surface area contributed by atoms with Crippen LogP contribution < -0.4 is 0 Å². The summed E-state index contributed by atoms with van der Waals surface area (Å²) in [7, 11) is 0. The van der Waals surface area contributed by atoms with Gasteiger partial charge in [-0.2, -0.15) is 0 Å². The molecule has 0 aromatic carbocycles. The molecule has 0 aliphatic heterocycles. The van der Waals surface area contributed by atoms with Crippen molar-refractivity contribution in [2.45, 2.75) is 11.3 Å². The van der Waals surface area contributed by atoms with Gasteiger partial charge in [0, 0.05) is 11.3 Å². The van der Waals surface area contributed by atoms with E-state index in [2.05, 4.69) is 0 Å².